The fourth-order valence-electron chi connectivity index (χ4n) is 4.99. The maximum Gasteiger partial charge on any atom is 0.241 e. The fraction of sp³-hybridized carbons (Fsp3) is 0.423. The minimum absolute atomic E-state index is 0. The predicted molar refractivity (Wildman–Crippen MR) is 134 cm³/mol. The Kier molecular flexibility index (Phi) is 6.89. The van der Waals surface area contributed by atoms with Crippen LogP contribution in [0.1, 0.15) is 24.2 Å². The van der Waals surface area contributed by atoms with Crippen LogP contribution in [0.15, 0.2) is 42.5 Å². The molecule has 0 unspecified atom stereocenters. The van der Waals surface area contributed by atoms with Gasteiger partial charge in [0, 0.05) is 61.4 Å². The van der Waals surface area contributed by atoms with Gasteiger partial charge in [-0.3, -0.25) is 9.69 Å². The van der Waals surface area contributed by atoms with Crippen LogP contribution in [0.5, 0.6) is 0 Å². The van der Waals surface area contributed by atoms with Crippen LogP contribution < -0.4 is 10.2 Å². The lowest BCUT2D eigenvalue weighted by atomic mass is 10.1. The Bertz CT molecular complexity index is 1110. The van der Waals surface area contributed by atoms with Crippen molar-refractivity contribution in [2.45, 2.75) is 26.7 Å². The number of aryl methyl sites for hydroxylation is 1. The lowest BCUT2D eigenvalue weighted by Gasteiger charge is -2.34. The van der Waals surface area contributed by atoms with Crippen molar-refractivity contribution in [2.24, 2.45) is 7.05 Å². The molecule has 5 nitrogen and oxygen atoms in total. The van der Waals surface area contributed by atoms with Gasteiger partial charge in [-0.15, -0.1) is 0 Å². The Morgan fingerprint density at radius 2 is 1.81 bits per heavy atom. The van der Waals surface area contributed by atoms with Gasteiger partial charge < -0.3 is 14.8 Å². The number of aromatic nitrogens is 1. The van der Waals surface area contributed by atoms with E-state index in [2.05, 4.69) is 52.2 Å². The van der Waals surface area contributed by atoms with Crippen LogP contribution in [-0.2, 0) is 31.1 Å². The van der Waals surface area contributed by atoms with Gasteiger partial charge in [-0.05, 0) is 54.8 Å². The van der Waals surface area contributed by atoms with Gasteiger partial charge in [0.1, 0.15) is 0 Å². The number of piperazine rings is 1. The van der Waals surface area contributed by atoms with Crippen molar-refractivity contribution in [2.75, 3.05) is 44.2 Å². The number of hydrogen-bond acceptors (Lipinski definition) is 3. The molecule has 0 aliphatic carbocycles. The van der Waals surface area contributed by atoms with Gasteiger partial charge in [0.05, 0.1) is 12.1 Å². The first kappa shape index (κ1) is 22.8. The van der Waals surface area contributed by atoms with E-state index in [0.29, 0.717) is 6.54 Å². The Morgan fingerprint density at radius 3 is 2.59 bits per heavy atom. The van der Waals surface area contributed by atoms with Crippen molar-refractivity contribution in [1.82, 2.24) is 14.8 Å². The van der Waals surface area contributed by atoms with E-state index in [0.717, 1.165) is 62.7 Å². The number of hydrogen-bond donors (Lipinski definition) is 1. The van der Waals surface area contributed by atoms with E-state index in [-0.39, 0.29) is 13.3 Å². The molecule has 0 bridgehead atoms. The smallest absolute Gasteiger partial charge is 0.241 e. The molecule has 5 rings (SSSR count). The molecule has 1 N–H and O–H groups in total. The SMILES string of the molecule is C.Cn1c2c(c3ccc(N4CCN(CCc5ccc(Cl)cc5)CC4=O)cc31)CCNCC2. The second kappa shape index (κ2) is 9.65. The Hall–Kier alpha value is -2.34. The lowest BCUT2D eigenvalue weighted by molar-refractivity contribution is -0.121. The first-order chi connectivity index (χ1) is 15.1. The highest BCUT2D eigenvalue weighted by molar-refractivity contribution is 6.30. The van der Waals surface area contributed by atoms with Crippen molar-refractivity contribution in [3.63, 3.8) is 0 Å². The third-order valence-electron chi connectivity index (χ3n) is 6.75. The van der Waals surface area contributed by atoms with Crippen molar-refractivity contribution >= 4 is 34.1 Å². The van der Waals surface area contributed by atoms with E-state index in [4.69, 9.17) is 11.6 Å². The fourth-order valence-corrected chi connectivity index (χ4v) is 5.12. The van der Waals surface area contributed by atoms with E-state index in [1.807, 2.05) is 17.0 Å². The van der Waals surface area contributed by atoms with Crippen molar-refractivity contribution in [1.29, 1.82) is 0 Å². The average molecular weight is 453 g/mol. The highest BCUT2D eigenvalue weighted by Crippen LogP contribution is 2.31. The number of carbonyl (C=O) groups is 1. The minimum atomic E-state index is 0. The number of anilines is 1. The highest BCUT2D eigenvalue weighted by atomic mass is 35.5. The molecule has 170 valence electrons. The average Bonchev–Trinajstić information content (AvgIpc) is 2.93. The minimum Gasteiger partial charge on any atom is -0.347 e. The van der Waals surface area contributed by atoms with E-state index < -0.39 is 0 Å². The van der Waals surface area contributed by atoms with Crippen LogP contribution in [0.25, 0.3) is 10.9 Å². The molecular weight excluding hydrogens is 420 g/mol. The number of rotatable bonds is 4. The summed E-state index contributed by atoms with van der Waals surface area (Å²) in [4.78, 5) is 17.2. The number of benzene rings is 2. The van der Waals surface area contributed by atoms with Crippen LogP contribution in [0.3, 0.4) is 0 Å². The lowest BCUT2D eigenvalue weighted by Crippen LogP contribution is -2.50. The van der Waals surface area contributed by atoms with Crippen LogP contribution in [0, 0.1) is 0 Å². The molecule has 0 radical (unpaired) electrons. The summed E-state index contributed by atoms with van der Waals surface area (Å²) in [6.07, 6.45) is 3.05. The topological polar surface area (TPSA) is 40.5 Å². The van der Waals surface area contributed by atoms with E-state index in [1.165, 1.54) is 27.7 Å². The maximum absolute atomic E-state index is 13.0. The zero-order valence-electron chi connectivity index (χ0n) is 18.0. The Morgan fingerprint density at radius 1 is 1.03 bits per heavy atom. The summed E-state index contributed by atoms with van der Waals surface area (Å²) >= 11 is 5.97. The predicted octanol–water partition coefficient (Wildman–Crippen LogP) is 4.05. The third kappa shape index (κ3) is 4.42. The molecule has 1 aromatic heterocycles. The van der Waals surface area contributed by atoms with Gasteiger partial charge in [-0.1, -0.05) is 37.2 Å². The van der Waals surface area contributed by atoms with E-state index in [1.54, 1.807) is 0 Å². The number of fused-ring (bicyclic) bond motifs is 3. The molecule has 6 heteroatoms. The largest absolute Gasteiger partial charge is 0.347 e. The van der Waals surface area contributed by atoms with Gasteiger partial charge in [-0.25, -0.2) is 0 Å². The van der Waals surface area contributed by atoms with Crippen LogP contribution in [-0.4, -0.2) is 54.6 Å². The van der Waals surface area contributed by atoms with Crippen molar-refractivity contribution < 1.29 is 4.79 Å². The highest BCUT2D eigenvalue weighted by Gasteiger charge is 2.26. The summed E-state index contributed by atoms with van der Waals surface area (Å²) in [5, 5.41) is 5.58. The first-order valence-corrected chi connectivity index (χ1v) is 11.6. The second-order valence-electron chi connectivity index (χ2n) is 8.63. The van der Waals surface area contributed by atoms with Crippen LogP contribution in [0.4, 0.5) is 5.69 Å². The molecular formula is C26H33ClN4O. The molecule has 32 heavy (non-hydrogen) atoms. The van der Waals surface area contributed by atoms with Gasteiger partial charge in [0.15, 0.2) is 0 Å². The van der Waals surface area contributed by atoms with Gasteiger partial charge in [0.2, 0.25) is 5.91 Å². The second-order valence-corrected chi connectivity index (χ2v) is 9.07. The van der Waals surface area contributed by atoms with Gasteiger partial charge >= 0.3 is 0 Å². The number of halogens is 1. The van der Waals surface area contributed by atoms with Gasteiger partial charge in [-0.2, -0.15) is 0 Å². The van der Waals surface area contributed by atoms with Crippen LogP contribution >= 0.6 is 11.6 Å². The summed E-state index contributed by atoms with van der Waals surface area (Å²) in [5.74, 6) is 0.182. The standard InChI is InChI=1S/C25H29ClN4O.CH4/c1-28-23-9-12-27-11-8-22(23)21-7-6-20(16-24(21)28)30-15-14-29(17-25(30)31)13-10-18-2-4-19(26)5-3-18;/h2-7,16,27H,8-15,17H2,1H3;1H4. The first-order valence-electron chi connectivity index (χ1n) is 11.2. The van der Waals surface area contributed by atoms with Crippen molar-refractivity contribution in [3.8, 4) is 0 Å². The van der Waals surface area contributed by atoms with E-state index in [9.17, 15) is 4.79 Å². The van der Waals surface area contributed by atoms with E-state index >= 15 is 0 Å². The number of carbonyl (C=O) groups excluding carboxylic acids is 1. The summed E-state index contributed by atoms with van der Waals surface area (Å²) in [5.41, 5.74) is 6.40. The zero-order chi connectivity index (χ0) is 21.4. The summed E-state index contributed by atoms with van der Waals surface area (Å²) < 4.78 is 2.33. The Balaban J connectivity index is 0.00000245. The molecule has 0 atom stereocenters. The molecule has 2 aromatic carbocycles. The molecule has 1 fully saturated rings. The number of nitrogens with zero attached hydrogens (tertiary/aromatic N) is 3. The summed E-state index contributed by atoms with van der Waals surface area (Å²) in [7, 11) is 2.16. The Labute approximate surface area is 195 Å². The number of nitrogens with one attached hydrogen (secondary N) is 1. The molecule has 1 amide bonds. The molecule has 2 aliphatic heterocycles. The maximum atomic E-state index is 13.0. The van der Waals surface area contributed by atoms with Crippen molar-refractivity contribution in [3.05, 3.63) is 64.3 Å². The number of amides is 1. The summed E-state index contributed by atoms with van der Waals surface area (Å²) in [6, 6.07) is 14.5. The van der Waals surface area contributed by atoms with Crippen LogP contribution in [0.2, 0.25) is 5.02 Å². The molecule has 3 aromatic rings. The summed E-state index contributed by atoms with van der Waals surface area (Å²) in [6.45, 7) is 5.05. The quantitative estimate of drug-likeness (QED) is 0.649. The monoisotopic (exact) mass is 452 g/mol. The molecule has 0 saturated carbocycles. The molecule has 2 aliphatic rings. The normalized spacial score (nSPS) is 17.2. The third-order valence-corrected chi connectivity index (χ3v) is 7.00. The van der Waals surface area contributed by atoms with Gasteiger partial charge in [0.25, 0.3) is 0 Å². The molecule has 1 saturated heterocycles. The molecule has 3 heterocycles. The zero-order valence-corrected chi connectivity index (χ0v) is 18.8. The molecule has 0 spiro atoms.